The second-order valence-electron chi connectivity index (χ2n) is 8.78. The summed E-state index contributed by atoms with van der Waals surface area (Å²) < 4.78 is 35.3. The predicted molar refractivity (Wildman–Crippen MR) is 123 cm³/mol. The normalized spacial score (nSPS) is 19.1. The second-order valence-corrected chi connectivity index (χ2v) is 8.78. The molecule has 8 heteroatoms. The van der Waals surface area contributed by atoms with Gasteiger partial charge in [-0.05, 0) is 32.9 Å². The van der Waals surface area contributed by atoms with Gasteiger partial charge in [-0.1, -0.05) is 13.8 Å². The summed E-state index contributed by atoms with van der Waals surface area (Å²) in [6.07, 6.45) is 2.67. The highest BCUT2D eigenvalue weighted by molar-refractivity contribution is 5.92. The van der Waals surface area contributed by atoms with E-state index in [1.807, 2.05) is 36.4 Å². The molecule has 0 unspecified atom stereocenters. The van der Waals surface area contributed by atoms with Gasteiger partial charge in [0, 0.05) is 45.6 Å². The topological polar surface area (TPSA) is 56.2 Å². The van der Waals surface area contributed by atoms with Crippen LogP contribution < -0.4 is 15.1 Å². The molecule has 2 aromatic rings. The molecular weight excluding hydrogens is 413 g/mol. The molecular formula is C24H34FN3O4. The Morgan fingerprint density at radius 1 is 1.16 bits per heavy atom. The molecule has 2 aliphatic heterocycles. The molecule has 176 valence electrons. The minimum Gasteiger partial charge on any atom is -0.487 e. The number of halogens is 1. The van der Waals surface area contributed by atoms with Crippen LogP contribution in [0, 0.1) is 5.82 Å². The number of rotatable bonds is 8. The number of hydrogen-bond donors (Lipinski definition) is 0. The fourth-order valence-electron chi connectivity index (χ4n) is 4.40. The molecule has 1 fully saturated rings. The van der Waals surface area contributed by atoms with Crippen molar-refractivity contribution in [2.24, 2.45) is 0 Å². The first kappa shape index (κ1) is 23.0. The lowest BCUT2D eigenvalue weighted by atomic mass is 10.0. The summed E-state index contributed by atoms with van der Waals surface area (Å²) in [6.45, 7) is 10.5. The van der Waals surface area contributed by atoms with Crippen LogP contribution in [0.2, 0.25) is 0 Å². The minimum atomic E-state index is -0.769. The molecule has 1 atom stereocenters. The highest BCUT2D eigenvalue weighted by atomic mass is 19.1. The van der Waals surface area contributed by atoms with E-state index < -0.39 is 12.1 Å². The van der Waals surface area contributed by atoms with E-state index in [9.17, 15) is 4.79 Å². The summed E-state index contributed by atoms with van der Waals surface area (Å²) in [4.78, 5) is 17.8. The third-order valence-electron chi connectivity index (χ3n) is 6.19. The molecule has 4 rings (SSSR count). The summed E-state index contributed by atoms with van der Waals surface area (Å²) in [5.41, 5.74) is 1.25. The van der Waals surface area contributed by atoms with Crippen LogP contribution in [0.5, 0.6) is 5.75 Å². The van der Waals surface area contributed by atoms with E-state index >= 15 is 4.39 Å². The predicted octanol–water partition coefficient (Wildman–Crippen LogP) is 3.70. The number of pyridine rings is 1. The molecule has 0 N–H and O–H groups in total. The number of likely N-dealkylation sites (N-methyl/N-ethyl adjacent to an activating group) is 1. The third kappa shape index (κ3) is 4.23. The van der Waals surface area contributed by atoms with E-state index in [1.54, 1.807) is 0 Å². The van der Waals surface area contributed by atoms with E-state index in [1.165, 1.54) is 6.07 Å². The second kappa shape index (κ2) is 9.77. The SMILES string of the molecule is CCCOC(OCCC)c1cn2c3c(c(N4CCN(C)CC4)c(F)cc3c1=O)OC[C@@H]2C. The summed E-state index contributed by atoms with van der Waals surface area (Å²) in [5.74, 6) is 0.0414. The van der Waals surface area contributed by atoms with Gasteiger partial charge >= 0.3 is 0 Å². The Bertz CT molecular complexity index is 1010. The van der Waals surface area contributed by atoms with Gasteiger partial charge in [0.2, 0.25) is 0 Å². The Morgan fingerprint density at radius 2 is 1.81 bits per heavy atom. The van der Waals surface area contributed by atoms with Crippen molar-refractivity contribution in [1.29, 1.82) is 0 Å². The number of benzene rings is 1. The lowest BCUT2D eigenvalue weighted by molar-refractivity contribution is -0.147. The van der Waals surface area contributed by atoms with Gasteiger partial charge in [0.05, 0.1) is 22.5 Å². The van der Waals surface area contributed by atoms with Crippen molar-refractivity contribution in [3.05, 3.63) is 33.9 Å². The van der Waals surface area contributed by atoms with Crippen LogP contribution in [0.3, 0.4) is 0 Å². The standard InChI is InChI=1S/C24H34FN3O4/c1-5-11-30-24(31-12-6-2)18-14-28-16(3)15-32-23-20(28)17(22(18)29)13-19(25)21(23)27-9-7-26(4)8-10-27/h13-14,16,24H,5-12,15H2,1-4H3/t16-/m0/s1. The summed E-state index contributed by atoms with van der Waals surface area (Å²) in [6, 6.07) is 1.36. The molecule has 7 nitrogen and oxygen atoms in total. The van der Waals surface area contributed by atoms with Crippen LogP contribution in [-0.2, 0) is 9.47 Å². The number of aromatic nitrogens is 1. The van der Waals surface area contributed by atoms with Crippen molar-refractivity contribution in [3.8, 4) is 5.75 Å². The largest absolute Gasteiger partial charge is 0.487 e. The zero-order chi connectivity index (χ0) is 22.8. The van der Waals surface area contributed by atoms with E-state index in [0.717, 1.165) is 25.9 Å². The maximum atomic E-state index is 15.5. The van der Waals surface area contributed by atoms with E-state index in [-0.39, 0.29) is 11.5 Å². The van der Waals surface area contributed by atoms with Crippen LogP contribution in [0.15, 0.2) is 17.1 Å². The molecule has 1 aromatic heterocycles. The molecule has 1 aromatic carbocycles. The smallest absolute Gasteiger partial charge is 0.197 e. The number of ether oxygens (including phenoxy) is 3. The molecule has 0 radical (unpaired) electrons. The average molecular weight is 448 g/mol. The van der Waals surface area contributed by atoms with Gasteiger partial charge in [-0.15, -0.1) is 0 Å². The molecule has 3 heterocycles. The lowest BCUT2D eigenvalue weighted by Crippen LogP contribution is -2.45. The zero-order valence-corrected chi connectivity index (χ0v) is 19.5. The Morgan fingerprint density at radius 3 is 2.44 bits per heavy atom. The van der Waals surface area contributed by atoms with E-state index in [4.69, 9.17) is 14.2 Å². The number of anilines is 1. The molecule has 0 bridgehead atoms. The lowest BCUT2D eigenvalue weighted by Gasteiger charge is -2.37. The number of hydrogen-bond acceptors (Lipinski definition) is 6. The fraction of sp³-hybridized carbons (Fsp3) is 0.625. The molecule has 32 heavy (non-hydrogen) atoms. The van der Waals surface area contributed by atoms with Crippen molar-refractivity contribution < 1.29 is 18.6 Å². The van der Waals surface area contributed by atoms with Crippen molar-refractivity contribution in [3.63, 3.8) is 0 Å². The first-order valence-electron chi connectivity index (χ1n) is 11.7. The van der Waals surface area contributed by atoms with Crippen LogP contribution in [0.1, 0.15) is 51.5 Å². The molecule has 2 aliphatic rings. The summed E-state index contributed by atoms with van der Waals surface area (Å²) in [7, 11) is 2.06. The van der Waals surface area contributed by atoms with Crippen LogP contribution in [-0.4, -0.2) is 62.5 Å². The first-order valence-corrected chi connectivity index (χ1v) is 11.7. The third-order valence-corrected chi connectivity index (χ3v) is 6.19. The van der Waals surface area contributed by atoms with Gasteiger partial charge < -0.3 is 28.6 Å². The Labute approximate surface area is 188 Å². The van der Waals surface area contributed by atoms with Crippen LogP contribution in [0.4, 0.5) is 10.1 Å². The molecule has 0 spiro atoms. The maximum absolute atomic E-state index is 15.5. The van der Waals surface area contributed by atoms with Crippen LogP contribution >= 0.6 is 0 Å². The fourth-order valence-corrected chi connectivity index (χ4v) is 4.40. The maximum Gasteiger partial charge on any atom is 0.197 e. The van der Waals surface area contributed by atoms with Crippen molar-refractivity contribution >= 4 is 16.6 Å². The summed E-state index contributed by atoms with van der Waals surface area (Å²) >= 11 is 0. The average Bonchev–Trinajstić information content (AvgIpc) is 2.79. The Balaban J connectivity index is 1.87. The highest BCUT2D eigenvalue weighted by Gasteiger charge is 2.31. The minimum absolute atomic E-state index is 0.00634. The van der Waals surface area contributed by atoms with Crippen molar-refractivity contribution in [2.75, 3.05) is 57.9 Å². The molecule has 0 saturated carbocycles. The van der Waals surface area contributed by atoms with Gasteiger partial charge in [0.15, 0.2) is 23.3 Å². The number of nitrogens with zero attached hydrogens (tertiary/aromatic N) is 3. The van der Waals surface area contributed by atoms with Gasteiger partial charge in [-0.3, -0.25) is 4.79 Å². The van der Waals surface area contributed by atoms with Gasteiger partial charge in [-0.25, -0.2) is 4.39 Å². The van der Waals surface area contributed by atoms with Crippen molar-refractivity contribution in [2.45, 2.75) is 45.9 Å². The molecule has 0 amide bonds. The Kier molecular flexibility index (Phi) is 7.02. The summed E-state index contributed by atoms with van der Waals surface area (Å²) in [5, 5.41) is 0.310. The Hall–Kier alpha value is -2.16. The van der Waals surface area contributed by atoms with E-state index in [2.05, 4.69) is 11.9 Å². The van der Waals surface area contributed by atoms with Gasteiger partial charge in [-0.2, -0.15) is 0 Å². The van der Waals surface area contributed by atoms with Crippen LogP contribution in [0.25, 0.3) is 10.9 Å². The highest BCUT2D eigenvalue weighted by Crippen LogP contribution is 2.42. The monoisotopic (exact) mass is 447 g/mol. The van der Waals surface area contributed by atoms with Gasteiger partial charge in [0.1, 0.15) is 12.3 Å². The van der Waals surface area contributed by atoms with E-state index in [0.29, 0.717) is 60.8 Å². The number of piperazine rings is 1. The van der Waals surface area contributed by atoms with Gasteiger partial charge in [0.25, 0.3) is 0 Å². The molecule has 1 saturated heterocycles. The van der Waals surface area contributed by atoms with Crippen molar-refractivity contribution in [1.82, 2.24) is 9.47 Å². The zero-order valence-electron chi connectivity index (χ0n) is 19.5. The first-order chi connectivity index (χ1) is 15.5. The molecule has 0 aliphatic carbocycles. The quantitative estimate of drug-likeness (QED) is 0.576.